The Balaban J connectivity index is 0.000000277. The van der Waals surface area contributed by atoms with Crippen LogP contribution in [0.25, 0.3) is 0 Å². The zero-order valence-corrected chi connectivity index (χ0v) is 14.0. The number of nitrogens with zero attached hydrogens (tertiary/aromatic N) is 2. The largest absolute Gasteiger partial charge is 0.473 e. The van der Waals surface area contributed by atoms with Crippen molar-refractivity contribution in [2.45, 2.75) is 69.9 Å². The van der Waals surface area contributed by atoms with Crippen LogP contribution in [0.15, 0.2) is 0 Å². The molecule has 23 heavy (non-hydrogen) atoms. The SMILES string of the molecule is C1CCC(N2CCN(C3CCCC3)CC2)CC1.O=C(O)C(=O)O. The molecule has 2 N–H and O–H groups in total. The first-order valence-electron chi connectivity index (χ1n) is 9.02. The van der Waals surface area contributed by atoms with Crippen LogP contribution < -0.4 is 0 Å². The number of carboxylic acid groups (broad SMARTS) is 2. The second-order valence-corrected chi connectivity index (χ2v) is 6.91. The molecule has 0 radical (unpaired) electrons. The van der Waals surface area contributed by atoms with E-state index in [2.05, 4.69) is 9.80 Å². The number of carboxylic acids is 2. The molecule has 0 bridgehead atoms. The van der Waals surface area contributed by atoms with Crippen molar-refractivity contribution in [3.05, 3.63) is 0 Å². The fourth-order valence-corrected chi connectivity index (χ4v) is 4.18. The summed E-state index contributed by atoms with van der Waals surface area (Å²) in [5, 5.41) is 14.8. The zero-order valence-electron chi connectivity index (χ0n) is 14.0. The molecular formula is C17H30N2O4. The van der Waals surface area contributed by atoms with Gasteiger partial charge in [0.05, 0.1) is 0 Å². The second-order valence-electron chi connectivity index (χ2n) is 6.91. The molecule has 0 aromatic rings. The molecule has 3 aliphatic rings. The molecule has 3 rings (SSSR count). The molecule has 0 spiro atoms. The van der Waals surface area contributed by atoms with Crippen LogP contribution in [-0.2, 0) is 9.59 Å². The minimum Gasteiger partial charge on any atom is -0.473 e. The minimum absolute atomic E-state index is 0.939. The van der Waals surface area contributed by atoms with Gasteiger partial charge in [-0.05, 0) is 25.7 Å². The quantitative estimate of drug-likeness (QED) is 0.756. The van der Waals surface area contributed by atoms with Gasteiger partial charge in [-0.2, -0.15) is 0 Å². The van der Waals surface area contributed by atoms with Gasteiger partial charge in [0.2, 0.25) is 0 Å². The number of hydrogen-bond donors (Lipinski definition) is 2. The molecule has 1 saturated heterocycles. The highest BCUT2D eigenvalue weighted by molar-refractivity contribution is 6.27. The van der Waals surface area contributed by atoms with Crippen LogP contribution in [0.5, 0.6) is 0 Å². The van der Waals surface area contributed by atoms with Crippen LogP contribution in [0.2, 0.25) is 0 Å². The Bertz CT molecular complexity index is 370. The molecule has 3 fully saturated rings. The number of rotatable bonds is 2. The summed E-state index contributed by atoms with van der Waals surface area (Å²) in [6, 6.07) is 1.89. The molecule has 2 aliphatic carbocycles. The molecule has 0 atom stereocenters. The summed E-state index contributed by atoms with van der Waals surface area (Å²) in [6.45, 7) is 5.39. The fraction of sp³-hybridized carbons (Fsp3) is 0.882. The number of aliphatic carboxylic acids is 2. The molecule has 0 amide bonds. The Hall–Kier alpha value is -1.14. The van der Waals surface area contributed by atoms with Crippen molar-refractivity contribution in [3.63, 3.8) is 0 Å². The lowest BCUT2D eigenvalue weighted by Gasteiger charge is -2.42. The predicted molar refractivity (Wildman–Crippen MR) is 87.5 cm³/mol. The van der Waals surface area contributed by atoms with Crippen molar-refractivity contribution in [1.29, 1.82) is 0 Å². The summed E-state index contributed by atoms with van der Waals surface area (Å²) >= 11 is 0. The fourth-order valence-electron chi connectivity index (χ4n) is 4.18. The van der Waals surface area contributed by atoms with Gasteiger partial charge < -0.3 is 10.2 Å². The lowest BCUT2D eigenvalue weighted by Crippen LogP contribution is -2.53. The third-order valence-corrected chi connectivity index (χ3v) is 5.46. The van der Waals surface area contributed by atoms with E-state index in [-0.39, 0.29) is 0 Å². The van der Waals surface area contributed by atoms with E-state index in [0.717, 1.165) is 12.1 Å². The average molecular weight is 326 g/mol. The van der Waals surface area contributed by atoms with Gasteiger partial charge in [-0.15, -0.1) is 0 Å². The maximum absolute atomic E-state index is 9.10. The van der Waals surface area contributed by atoms with E-state index in [1.54, 1.807) is 0 Å². The van der Waals surface area contributed by atoms with Crippen LogP contribution >= 0.6 is 0 Å². The average Bonchev–Trinajstić information content (AvgIpc) is 3.11. The van der Waals surface area contributed by atoms with Gasteiger partial charge in [-0.25, -0.2) is 9.59 Å². The van der Waals surface area contributed by atoms with Crippen LogP contribution in [0.1, 0.15) is 57.8 Å². The van der Waals surface area contributed by atoms with Gasteiger partial charge >= 0.3 is 11.9 Å². The molecule has 6 nitrogen and oxygen atoms in total. The third kappa shape index (κ3) is 5.77. The van der Waals surface area contributed by atoms with E-state index in [9.17, 15) is 0 Å². The lowest BCUT2D eigenvalue weighted by atomic mass is 9.93. The summed E-state index contributed by atoms with van der Waals surface area (Å²) in [6.07, 6.45) is 13.3. The lowest BCUT2D eigenvalue weighted by molar-refractivity contribution is -0.159. The Labute approximate surface area is 138 Å². The standard InChI is InChI=1S/C15H28N2.C2H2O4/c1-2-6-14(7-3-1)16-10-12-17(13-11-16)15-8-4-5-9-15;3-1(4)2(5)6/h14-15H,1-13H2;(H,3,4)(H,5,6). The monoisotopic (exact) mass is 326 g/mol. The van der Waals surface area contributed by atoms with Crippen LogP contribution in [0.4, 0.5) is 0 Å². The highest BCUT2D eigenvalue weighted by Crippen LogP contribution is 2.27. The summed E-state index contributed by atoms with van der Waals surface area (Å²) < 4.78 is 0. The van der Waals surface area contributed by atoms with E-state index in [4.69, 9.17) is 19.8 Å². The van der Waals surface area contributed by atoms with E-state index in [1.807, 2.05) is 0 Å². The Morgan fingerprint density at radius 3 is 1.22 bits per heavy atom. The molecule has 1 heterocycles. The summed E-state index contributed by atoms with van der Waals surface area (Å²) in [5.41, 5.74) is 0. The van der Waals surface area contributed by atoms with Gasteiger partial charge in [0.1, 0.15) is 0 Å². The maximum Gasteiger partial charge on any atom is 0.414 e. The van der Waals surface area contributed by atoms with E-state index in [0.29, 0.717) is 0 Å². The van der Waals surface area contributed by atoms with E-state index < -0.39 is 11.9 Å². The maximum atomic E-state index is 9.10. The normalized spacial score (nSPS) is 24.9. The van der Waals surface area contributed by atoms with E-state index >= 15 is 0 Å². The van der Waals surface area contributed by atoms with Crippen molar-refractivity contribution >= 4 is 11.9 Å². The second kappa shape index (κ2) is 9.23. The van der Waals surface area contributed by atoms with Crippen LogP contribution in [0, 0.1) is 0 Å². The molecule has 1 aliphatic heterocycles. The predicted octanol–water partition coefficient (Wildman–Crippen LogP) is 2.03. The molecule has 132 valence electrons. The van der Waals surface area contributed by atoms with Gasteiger partial charge in [-0.1, -0.05) is 32.1 Å². The summed E-state index contributed by atoms with van der Waals surface area (Å²) in [5.74, 6) is -3.65. The van der Waals surface area contributed by atoms with Crippen molar-refractivity contribution in [2.24, 2.45) is 0 Å². The Morgan fingerprint density at radius 1 is 0.609 bits per heavy atom. The molecule has 0 aromatic heterocycles. The first kappa shape index (κ1) is 18.2. The molecule has 0 unspecified atom stereocenters. The zero-order chi connectivity index (χ0) is 16.7. The topological polar surface area (TPSA) is 81.1 Å². The van der Waals surface area contributed by atoms with Crippen molar-refractivity contribution < 1.29 is 19.8 Å². The smallest absolute Gasteiger partial charge is 0.414 e. The first-order chi connectivity index (χ1) is 11.1. The molecular weight excluding hydrogens is 296 g/mol. The summed E-state index contributed by atoms with van der Waals surface area (Å²) in [7, 11) is 0. The van der Waals surface area contributed by atoms with Gasteiger partial charge in [0.25, 0.3) is 0 Å². The number of hydrogen-bond acceptors (Lipinski definition) is 4. The highest BCUT2D eigenvalue weighted by Gasteiger charge is 2.29. The first-order valence-corrected chi connectivity index (χ1v) is 9.02. The highest BCUT2D eigenvalue weighted by atomic mass is 16.4. The van der Waals surface area contributed by atoms with E-state index in [1.165, 1.54) is 84.0 Å². The minimum atomic E-state index is -1.82. The van der Waals surface area contributed by atoms with Gasteiger partial charge in [-0.3, -0.25) is 9.80 Å². The van der Waals surface area contributed by atoms with Crippen molar-refractivity contribution in [1.82, 2.24) is 9.80 Å². The molecule has 2 saturated carbocycles. The number of piperazine rings is 1. The van der Waals surface area contributed by atoms with Crippen LogP contribution in [-0.4, -0.2) is 70.2 Å². The summed E-state index contributed by atoms with van der Waals surface area (Å²) in [4.78, 5) is 23.8. The molecule has 6 heteroatoms. The van der Waals surface area contributed by atoms with Crippen molar-refractivity contribution in [2.75, 3.05) is 26.2 Å². The number of carbonyl (C=O) groups is 2. The van der Waals surface area contributed by atoms with Gasteiger partial charge in [0.15, 0.2) is 0 Å². The third-order valence-electron chi connectivity index (χ3n) is 5.46. The van der Waals surface area contributed by atoms with Crippen LogP contribution in [0.3, 0.4) is 0 Å². The van der Waals surface area contributed by atoms with Crippen molar-refractivity contribution in [3.8, 4) is 0 Å². The Kier molecular flexibility index (Phi) is 7.30. The van der Waals surface area contributed by atoms with Gasteiger partial charge in [0, 0.05) is 38.3 Å². The Morgan fingerprint density at radius 2 is 0.913 bits per heavy atom. The molecule has 0 aromatic carbocycles.